The molecule has 14 heavy (non-hydrogen) atoms. The third-order valence-corrected chi connectivity index (χ3v) is 2.75. The molecule has 0 bridgehead atoms. The van der Waals surface area contributed by atoms with E-state index in [2.05, 4.69) is 15.3 Å². The summed E-state index contributed by atoms with van der Waals surface area (Å²) < 4.78 is 2.39. The van der Waals surface area contributed by atoms with Crippen LogP contribution in [-0.2, 0) is 13.1 Å². The van der Waals surface area contributed by atoms with Crippen molar-refractivity contribution in [2.24, 2.45) is 16.0 Å². The molecule has 2 N–H and O–H groups in total. The number of carbonyl (C=O) groups is 1. The first-order valence-corrected chi connectivity index (χ1v) is 5.16. The van der Waals surface area contributed by atoms with Crippen molar-refractivity contribution in [3.63, 3.8) is 0 Å². The van der Waals surface area contributed by atoms with E-state index in [-0.39, 0.29) is 0 Å². The Morgan fingerprint density at radius 1 is 1.50 bits per heavy atom. The van der Waals surface area contributed by atoms with Gasteiger partial charge in [0, 0.05) is 0 Å². The summed E-state index contributed by atoms with van der Waals surface area (Å²) in [5.41, 5.74) is 6.51. The number of primary amides is 1. The Labute approximate surface area is 93.7 Å². The molecule has 74 valence electrons. The predicted molar refractivity (Wildman–Crippen MR) is 56.9 cm³/mol. The van der Waals surface area contributed by atoms with Crippen molar-refractivity contribution in [3.05, 3.63) is 15.0 Å². The van der Waals surface area contributed by atoms with Gasteiger partial charge in [0.15, 0.2) is 0 Å². The number of halogens is 1. The predicted octanol–water partition coefficient (Wildman–Crippen LogP) is 0.552. The summed E-state index contributed by atoms with van der Waals surface area (Å²) >= 11 is 2.00. The minimum absolute atomic E-state index is 0.383. The molecule has 0 saturated heterocycles. The van der Waals surface area contributed by atoms with E-state index in [4.69, 9.17) is 5.73 Å². The van der Waals surface area contributed by atoms with E-state index in [9.17, 15) is 4.79 Å². The van der Waals surface area contributed by atoms with Crippen molar-refractivity contribution in [1.82, 2.24) is 9.78 Å². The van der Waals surface area contributed by atoms with Gasteiger partial charge in [0.05, 0.1) is 24.3 Å². The molecule has 0 fully saturated rings. The first kappa shape index (κ1) is 9.56. The number of nitrogens with zero attached hydrogens (tertiary/aromatic N) is 4. The van der Waals surface area contributed by atoms with Crippen molar-refractivity contribution in [2.75, 3.05) is 6.54 Å². The number of nitrogens with two attached hydrogens (primary N) is 1. The lowest BCUT2D eigenvalue weighted by Crippen LogP contribution is -2.15. The van der Waals surface area contributed by atoms with E-state index < -0.39 is 5.91 Å². The van der Waals surface area contributed by atoms with Gasteiger partial charge in [0.25, 0.3) is 5.91 Å². The van der Waals surface area contributed by atoms with Crippen molar-refractivity contribution >= 4 is 28.5 Å². The standard InChI is InChI=1S/C7H8IN5O/c8-6-5(7(9)14)4-3-11-10-1-2-13(4)12-6/h1-3H2,(H2,9,14). The molecular weight excluding hydrogens is 297 g/mol. The van der Waals surface area contributed by atoms with E-state index in [1.165, 1.54) is 0 Å². The average Bonchev–Trinajstić information content (AvgIpc) is 2.31. The smallest absolute Gasteiger partial charge is 0.253 e. The van der Waals surface area contributed by atoms with Crippen LogP contribution in [-0.4, -0.2) is 22.2 Å². The van der Waals surface area contributed by atoms with Gasteiger partial charge < -0.3 is 5.73 Å². The molecular formula is C7H8IN5O. The Morgan fingerprint density at radius 2 is 2.29 bits per heavy atom. The highest BCUT2D eigenvalue weighted by Gasteiger charge is 2.20. The molecule has 0 spiro atoms. The fourth-order valence-electron chi connectivity index (χ4n) is 1.38. The Morgan fingerprint density at radius 3 is 3.00 bits per heavy atom. The molecule has 0 unspecified atom stereocenters. The van der Waals surface area contributed by atoms with Gasteiger partial charge in [-0.25, -0.2) is 0 Å². The van der Waals surface area contributed by atoms with Gasteiger partial charge in [0.2, 0.25) is 0 Å². The second-order valence-electron chi connectivity index (χ2n) is 2.86. The highest BCUT2D eigenvalue weighted by Crippen LogP contribution is 2.18. The van der Waals surface area contributed by atoms with Crippen molar-refractivity contribution in [2.45, 2.75) is 13.1 Å². The molecule has 1 aliphatic rings. The third-order valence-electron chi connectivity index (χ3n) is 1.99. The van der Waals surface area contributed by atoms with Gasteiger partial charge in [-0.15, -0.1) is 0 Å². The van der Waals surface area contributed by atoms with Crippen LogP contribution in [0.5, 0.6) is 0 Å². The molecule has 1 aromatic heterocycles. The van der Waals surface area contributed by atoms with Crippen LogP contribution in [0.1, 0.15) is 16.1 Å². The lowest BCUT2D eigenvalue weighted by Gasteiger charge is -1.99. The van der Waals surface area contributed by atoms with Gasteiger partial charge in [-0.2, -0.15) is 15.3 Å². The van der Waals surface area contributed by atoms with E-state index in [0.717, 1.165) is 5.69 Å². The molecule has 0 saturated carbocycles. The summed E-state index contributed by atoms with van der Waals surface area (Å²) in [4.78, 5) is 11.2. The number of amides is 1. The normalized spacial score (nSPS) is 14.9. The largest absolute Gasteiger partial charge is 0.365 e. The first-order valence-electron chi connectivity index (χ1n) is 4.08. The second-order valence-corrected chi connectivity index (χ2v) is 3.89. The topological polar surface area (TPSA) is 85.6 Å². The Bertz CT molecular complexity index is 410. The van der Waals surface area contributed by atoms with Gasteiger partial charge in [0.1, 0.15) is 10.2 Å². The minimum atomic E-state index is -0.451. The number of fused-ring (bicyclic) bond motifs is 1. The minimum Gasteiger partial charge on any atom is -0.365 e. The molecule has 0 atom stereocenters. The van der Waals surface area contributed by atoms with E-state index in [1.54, 1.807) is 4.68 Å². The van der Waals surface area contributed by atoms with Crippen molar-refractivity contribution in [1.29, 1.82) is 0 Å². The maximum absolute atomic E-state index is 11.2. The summed E-state index contributed by atoms with van der Waals surface area (Å²) in [6.07, 6.45) is 0. The quantitative estimate of drug-likeness (QED) is 0.768. The van der Waals surface area contributed by atoms with Crippen molar-refractivity contribution < 1.29 is 4.79 Å². The van der Waals surface area contributed by atoms with Crippen LogP contribution < -0.4 is 5.73 Å². The highest BCUT2D eigenvalue weighted by molar-refractivity contribution is 14.1. The van der Waals surface area contributed by atoms with E-state index in [1.807, 2.05) is 22.6 Å². The van der Waals surface area contributed by atoms with E-state index >= 15 is 0 Å². The third kappa shape index (κ3) is 1.51. The Kier molecular flexibility index (Phi) is 2.48. The molecule has 0 radical (unpaired) electrons. The maximum atomic E-state index is 11.2. The molecule has 2 rings (SSSR count). The summed E-state index contributed by atoms with van der Waals surface area (Å²) in [5.74, 6) is -0.451. The zero-order valence-corrected chi connectivity index (χ0v) is 9.43. The van der Waals surface area contributed by atoms with Gasteiger partial charge in [-0.3, -0.25) is 9.48 Å². The molecule has 0 aromatic carbocycles. The average molecular weight is 305 g/mol. The molecule has 2 heterocycles. The van der Waals surface area contributed by atoms with Crippen LogP contribution in [0.15, 0.2) is 10.2 Å². The van der Waals surface area contributed by atoms with Crippen LogP contribution >= 0.6 is 22.6 Å². The monoisotopic (exact) mass is 305 g/mol. The summed E-state index contributed by atoms with van der Waals surface area (Å²) in [7, 11) is 0. The zero-order valence-electron chi connectivity index (χ0n) is 7.27. The number of aromatic nitrogens is 2. The van der Waals surface area contributed by atoms with Crippen LogP contribution in [0.3, 0.4) is 0 Å². The lowest BCUT2D eigenvalue weighted by molar-refractivity contribution is 0.0998. The highest BCUT2D eigenvalue weighted by atomic mass is 127. The van der Waals surface area contributed by atoms with E-state index in [0.29, 0.717) is 28.9 Å². The molecule has 1 amide bonds. The van der Waals surface area contributed by atoms with Gasteiger partial charge in [-0.05, 0) is 22.6 Å². The Balaban J connectivity index is 2.54. The zero-order chi connectivity index (χ0) is 10.1. The van der Waals surface area contributed by atoms with Gasteiger partial charge >= 0.3 is 0 Å². The summed E-state index contributed by atoms with van der Waals surface area (Å²) in [5, 5.41) is 12.0. The number of hydrogen-bond acceptors (Lipinski definition) is 4. The van der Waals surface area contributed by atoms with Crippen LogP contribution in [0, 0.1) is 3.70 Å². The number of rotatable bonds is 1. The molecule has 1 aromatic rings. The Hall–Kier alpha value is -0.990. The van der Waals surface area contributed by atoms with Crippen LogP contribution in [0.2, 0.25) is 0 Å². The van der Waals surface area contributed by atoms with Crippen LogP contribution in [0.4, 0.5) is 0 Å². The SMILES string of the molecule is NC(=O)c1c(I)nn2c1CN=NCC2. The van der Waals surface area contributed by atoms with Crippen LogP contribution in [0.25, 0.3) is 0 Å². The second kappa shape index (κ2) is 3.64. The molecule has 1 aliphatic heterocycles. The number of hydrogen-bond donors (Lipinski definition) is 1. The van der Waals surface area contributed by atoms with Crippen molar-refractivity contribution in [3.8, 4) is 0 Å². The molecule has 6 nitrogen and oxygen atoms in total. The molecule has 7 heteroatoms. The fourth-order valence-corrected chi connectivity index (χ4v) is 2.22. The summed E-state index contributed by atoms with van der Waals surface area (Å²) in [6, 6.07) is 0. The maximum Gasteiger partial charge on any atom is 0.253 e. The number of carbonyl (C=O) groups excluding carboxylic acids is 1. The van der Waals surface area contributed by atoms with Gasteiger partial charge in [-0.1, -0.05) is 0 Å². The molecule has 0 aliphatic carbocycles. The first-order chi connectivity index (χ1) is 6.70. The summed E-state index contributed by atoms with van der Waals surface area (Å²) in [6.45, 7) is 1.64. The fraction of sp³-hybridized carbons (Fsp3) is 0.429. The number of azo groups is 1. The lowest BCUT2D eigenvalue weighted by atomic mass is 10.2.